The molecule has 0 radical (unpaired) electrons. The number of pyridine rings is 1. The van der Waals surface area contributed by atoms with Crippen molar-refractivity contribution in [3.63, 3.8) is 0 Å². The number of nitriles is 1. The van der Waals surface area contributed by atoms with E-state index in [2.05, 4.69) is 53.0 Å². The Bertz CT molecular complexity index is 2080. The van der Waals surface area contributed by atoms with Crippen molar-refractivity contribution < 1.29 is 24.1 Å². The fraction of sp³-hybridized carbons (Fsp3) is 0.359. The van der Waals surface area contributed by atoms with Crippen LogP contribution in [0.5, 0.6) is 11.5 Å². The van der Waals surface area contributed by atoms with E-state index in [-0.39, 0.29) is 26.4 Å². The molecule has 0 amide bonds. The second kappa shape index (κ2) is 14.9. The lowest BCUT2D eigenvalue weighted by molar-refractivity contribution is 0.0866. The van der Waals surface area contributed by atoms with Gasteiger partial charge in [-0.25, -0.2) is 0 Å². The minimum atomic E-state index is -0.450. The number of aliphatic hydroxyl groups is 2. The number of nitrogens with zero attached hydrogens (tertiary/aromatic N) is 6. The van der Waals surface area contributed by atoms with Gasteiger partial charge in [-0.05, 0) is 74.0 Å². The Morgan fingerprint density at radius 3 is 2.59 bits per heavy atom. The summed E-state index contributed by atoms with van der Waals surface area (Å²) in [4.78, 5) is 15.6. The van der Waals surface area contributed by atoms with Crippen molar-refractivity contribution in [3.05, 3.63) is 99.8 Å². The number of ether oxygens (including phenoxy) is 2. The molecular weight excluding hydrogens is 668 g/mol. The first-order valence-corrected chi connectivity index (χ1v) is 17.4. The van der Waals surface area contributed by atoms with Gasteiger partial charge in [-0.1, -0.05) is 35.9 Å². The fourth-order valence-corrected chi connectivity index (χ4v) is 7.32. The molecule has 5 aromatic rings. The zero-order chi connectivity index (χ0) is 35.6. The molecular formula is C39H41ClN6O5. The quantitative estimate of drug-likeness (QED) is 0.159. The standard InChI is InChI=1S/C39H41ClN6O5/c1-24-28(5-4-6-33(24)27-7-8-36-35(11-27)43-39(51-36)46-19-30-12-31(46)18-45(30)3)23-50-38-13-37(49-22-26-9-25(14-41)15-42-16-26)29(10-34(38)40)17-44(2)32(20-47)21-48/h4-11,13,15-16,30-32,47-48H,12,17-23H2,1-3H3/t30-,31-/m0/s1. The van der Waals surface area contributed by atoms with E-state index in [1.54, 1.807) is 24.4 Å². The topological polar surface area (TPSA) is 131 Å². The lowest BCUT2D eigenvalue weighted by atomic mass is 9.96. The van der Waals surface area contributed by atoms with Gasteiger partial charge >= 0.3 is 0 Å². The number of halogens is 1. The van der Waals surface area contributed by atoms with E-state index in [0.29, 0.717) is 46.7 Å². The Morgan fingerprint density at radius 2 is 1.84 bits per heavy atom. The summed E-state index contributed by atoms with van der Waals surface area (Å²) in [5, 5.41) is 29.2. The molecule has 51 heavy (non-hydrogen) atoms. The number of piperazine rings is 1. The summed E-state index contributed by atoms with van der Waals surface area (Å²) >= 11 is 6.79. The number of aromatic nitrogens is 2. The molecule has 2 saturated heterocycles. The second-order valence-corrected chi connectivity index (χ2v) is 13.9. The van der Waals surface area contributed by atoms with Crippen molar-refractivity contribution in [2.45, 2.75) is 51.2 Å². The molecule has 4 heterocycles. The van der Waals surface area contributed by atoms with Crippen LogP contribution in [-0.2, 0) is 19.8 Å². The number of hydrogen-bond donors (Lipinski definition) is 2. The van der Waals surface area contributed by atoms with Gasteiger partial charge in [0.1, 0.15) is 36.3 Å². The fourth-order valence-electron chi connectivity index (χ4n) is 7.08. The summed E-state index contributed by atoms with van der Waals surface area (Å²) < 4.78 is 18.8. The maximum absolute atomic E-state index is 9.73. The molecule has 2 fully saturated rings. The van der Waals surface area contributed by atoms with Crippen LogP contribution in [0.4, 0.5) is 6.01 Å². The third-order valence-electron chi connectivity index (χ3n) is 10.2. The normalized spacial score (nSPS) is 17.2. The zero-order valence-electron chi connectivity index (χ0n) is 28.9. The van der Waals surface area contributed by atoms with Crippen LogP contribution < -0.4 is 14.4 Å². The van der Waals surface area contributed by atoms with E-state index in [9.17, 15) is 15.5 Å². The highest BCUT2D eigenvalue weighted by atomic mass is 35.5. The van der Waals surface area contributed by atoms with E-state index in [0.717, 1.165) is 64.0 Å². The second-order valence-electron chi connectivity index (χ2n) is 13.5. The minimum Gasteiger partial charge on any atom is -0.488 e. The Kier molecular flexibility index (Phi) is 10.1. The van der Waals surface area contributed by atoms with Gasteiger partial charge in [0.05, 0.1) is 29.8 Å². The molecule has 11 nitrogen and oxygen atoms in total. The molecule has 2 aliphatic rings. The van der Waals surface area contributed by atoms with Crippen molar-refractivity contribution in [3.8, 4) is 28.7 Å². The summed E-state index contributed by atoms with van der Waals surface area (Å²) in [6, 6.07) is 21.0. The maximum atomic E-state index is 9.73. The smallest absolute Gasteiger partial charge is 0.298 e. The van der Waals surface area contributed by atoms with Crippen LogP contribution in [0.15, 0.2) is 71.4 Å². The van der Waals surface area contributed by atoms with Crippen molar-refractivity contribution in [1.82, 2.24) is 19.8 Å². The zero-order valence-corrected chi connectivity index (χ0v) is 29.7. The van der Waals surface area contributed by atoms with Crippen LogP contribution in [0.1, 0.15) is 34.2 Å². The highest BCUT2D eigenvalue weighted by Gasteiger charge is 2.43. The Morgan fingerprint density at radius 1 is 1.02 bits per heavy atom. The summed E-state index contributed by atoms with van der Waals surface area (Å²) in [5.74, 6) is 0.976. The third kappa shape index (κ3) is 7.24. The molecule has 12 heteroatoms. The summed E-state index contributed by atoms with van der Waals surface area (Å²) in [6.07, 6.45) is 4.30. The Labute approximate surface area is 302 Å². The molecule has 264 valence electrons. The highest BCUT2D eigenvalue weighted by Crippen LogP contribution is 2.38. The largest absolute Gasteiger partial charge is 0.488 e. The van der Waals surface area contributed by atoms with Crippen LogP contribution in [0, 0.1) is 18.3 Å². The number of anilines is 1. The number of hydrogen-bond acceptors (Lipinski definition) is 11. The number of oxazole rings is 1. The van der Waals surface area contributed by atoms with Gasteiger partial charge in [-0.15, -0.1) is 0 Å². The van der Waals surface area contributed by atoms with Gasteiger partial charge in [-0.2, -0.15) is 10.2 Å². The Balaban J connectivity index is 1.11. The van der Waals surface area contributed by atoms with Crippen molar-refractivity contribution >= 4 is 28.7 Å². The molecule has 0 spiro atoms. The van der Waals surface area contributed by atoms with Gasteiger partial charge in [0.15, 0.2) is 5.58 Å². The van der Waals surface area contributed by atoms with E-state index in [1.807, 2.05) is 30.1 Å². The van der Waals surface area contributed by atoms with Gasteiger partial charge in [-0.3, -0.25) is 14.8 Å². The first kappa shape index (κ1) is 34.7. The molecule has 2 bridgehead atoms. The van der Waals surface area contributed by atoms with Crippen molar-refractivity contribution in [1.29, 1.82) is 5.26 Å². The molecule has 7 rings (SSSR count). The molecule has 0 aliphatic carbocycles. The minimum absolute atomic E-state index is 0.165. The number of likely N-dealkylation sites (N-methyl/N-ethyl adjacent to an activating group) is 2. The predicted molar refractivity (Wildman–Crippen MR) is 195 cm³/mol. The number of aliphatic hydroxyl groups excluding tert-OH is 2. The van der Waals surface area contributed by atoms with Gasteiger partial charge in [0, 0.05) is 61.3 Å². The first-order chi connectivity index (χ1) is 24.7. The van der Waals surface area contributed by atoms with E-state index in [4.69, 9.17) is 30.5 Å². The lowest BCUT2D eigenvalue weighted by Gasteiger charge is -2.30. The number of rotatable bonds is 13. The molecule has 0 saturated carbocycles. The SMILES string of the molecule is Cc1c(COc2cc(OCc3cncc(C#N)c3)c(CN(C)C(CO)CO)cc2Cl)cccc1-c1ccc2oc(N3C[C@@H]4C[C@H]3CN4C)nc2c1. The Hall–Kier alpha value is -4.70. The van der Waals surface area contributed by atoms with Crippen molar-refractivity contribution in [2.75, 3.05) is 45.3 Å². The third-order valence-corrected chi connectivity index (χ3v) is 10.5. The van der Waals surface area contributed by atoms with E-state index >= 15 is 0 Å². The molecule has 2 aromatic heterocycles. The van der Waals surface area contributed by atoms with E-state index in [1.165, 1.54) is 6.20 Å². The monoisotopic (exact) mass is 708 g/mol. The summed E-state index contributed by atoms with van der Waals surface area (Å²) in [7, 11) is 4.00. The number of fused-ring (bicyclic) bond motifs is 3. The van der Waals surface area contributed by atoms with Crippen LogP contribution in [-0.4, -0.2) is 88.5 Å². The summed E-state index contributed by atoms with van der Waals surface area (Å²) in [5.41, 5.74) is 7.74. The van der Waals surface area contributed by atoms with Crippen LogP contribution in [0.2, 0.25) is 5.02 Å². The highest BCUT2D eigenvalue weighted by molar-refractivity contribution is 6.32. The summed E-state index contributed by atoms with van der Waals surface area (Å²) in [6.45, 7) is 4.45. The molecule has 2 N–H and O–H groups in total. The average Bonchev–Trinajstić information content (AvgIpc) is 3.85. The maximum Gasteiger partial charge on any atom is 0.298 e. The van der Waals surface area contributed by atoms with Gasteiger partial charge < -0.3 is 29.0 Å². The van der Waals surface area contributed by atoms with Crippen molar-refractivity contribution in [2.24, 2.45) is 0 Å². The first-order valence-electron chi connectivity index (χ1n) is 17.0. The van der Waals surface area contributed by atoms with Gasteiger partial charge in [0.25, 0.3) is 6.01 Å². The predicted octanol–water partition coefficient (Wildman–Crippen LogP) is 5.56. The van der Waals surface area contributed by atoms with Crippen LogP contribution in [0.25, 0.3) is 22.2 Å². The van der Waals surface area contributed by atoms with E-state index < -0.39 is 6.04 Å². The molecule has 2 aliphatic heterocycles. The molecule has 0 unspecified atom stereocenters. The molecule has 3 aromatic carbocycles. The lowest BCUT2D eigenvalue weighted by Crippen LogP contribution is -2.44. The van der Waals surface area contributed by atoms with Crippen LogP contribution >= 0.6 is 11.6 Å². The van der Waals surface area contributed by atoms with Gasteiger partial charge in [0.2, 0.25) is 0 Å². The number of benzene rings is 3. The molecule has 2 atom stereocenters. The van der Waals surface area contributed by atoms with Crippen LogP contribution in [0.3, 0.4) is 0 Å². The average molecular weight is 709 g/mol. The number of likely N-dealkylation sites (tertiary alicyclic amines) is 1.